The maximum Gasteiger partial charge on any atom is 0.254 e. The van der Waals surface area contributed by atoms with Gasteiger partial charge in [0.2, 0.25) is 5.91 Å². The number of aromatic nitrogens is 1. The van der Waals surface area contributed by atoms with E-state index in [2.05, 4.69) is 9.88 Å². The lowest BCUT2D eigenvalue weighted by atomic mass is 9.92. The van der Waals surface area contributed by atoms with Crippen molar-refractivity contribution < 1.29 is 9.59 Å². The van der Waals surface area contributed by atoms with Crippen molar-refractivity contribution in [1.29, 1.82) is 0 Å². The second-order valence-electron chi connectivity index (χ2n) is 7.56. The van der Waals surface area contributed by atoms with Gasteiger partial charge in [-0.25, -0.2) is 0 Å². The Balaban J connectivity index is 1.57. The lowest BCUT2D eigenvalue weighted by Crippen LogP contribution is -2.64. The molecule has 6 heteroatoms. The molecule has 140 valence electrons. The molecule has 27 heavy (non-hydrogen) atoms. The van der Waals surface area contributed by atoms with E-state index in [1.165, 1.54) is 0 Å². The Kier molecular flexibility index (Phi) is 4.44. The van der Waals surface area contributed by atoms with Crippen LogP contribution in [0.15, 0.2) is 48.8 Å². The van der Waals surface area contributed by atoms with Gasteiger partial charge in [0.05, 0.1) is 24.0 Å². The van der Waals surface area contributed by atoms with Crippen LogP contribution in [0.5, 0.6) is 0 Å². The summed E-state index contributed by atoms with van der Waals surface area (Å²) in [5, 5.41) is 0. The zero-order valence-electron chi connectivity index (χ0n) is 15.8. The van der Waals surface area contributed by atoms with Gasteiger partial charge in [-0.05, 0) is 44.2 Å². The molecule has 2 amide bonds. The van der Waals surface area contributed by atoms with E-state index in [0.717, 1.165) is 23.2 Å². The fourth-order valence-corrected chi connectivity index (χ4v) is 4.16. The highest BCUT2D eigenvalue weighted by molar-refractivity contribution is 5.97. The fraction of sp³-hybridized carbons (Fsp3) is 0.381. The maximum absolute atomic E-state index is 13.0. The third-order valence-corrected chi connectivity index (χ3v) is 5.89. The second-order valence-corrected chi connectivity index (χ2v) is 7.56. The van der Waals surface area contributed by atoms with Crippen LogP contribution in [0.2, 0.25) is 0 Å². The first kappa shape index (κ1) is 17.7. The third kappa shape index (κ3) is 3.10. The van der Waals surface area contributed by atoms with Crippen LogP contribution in [0.3, 0.4) is 0 Å². The van der Waals surface area contributed by atoms with E-state index in [0.29, 0.717) is 26.2 Å². The number of likely N-dealkylation sites (N-methyl/N-ethyl adjacent to an activating group) is 1. The van der Waals surface area contributed by atoms with Gasteiger partial charge in [0, 0.05) is 31.4 Å². The van der Waals surface area contributed by atoms with Gasteiger partial charge in [-0.2, -0.15) is 0 Å². The van der Waals surface area contributed by atoms with Crippen LogP contribution in [0, 0.1) is 6.92 Å². The molecule has 2 aromatic rings. The Morgan fingerprint density at radius 3 is 2.70 bits per heavy atom. The van der Waals surface area contributed by atoms with Crippen LogP contribution >= 0.6 is 0 Å². The lowest BCUT2D eigenvalue weighted by Gasteiger charge is -2.46. The first-order valence-electron chi connectivity index (χ1n) is 9.27. The number of benzene rings is 1. The average molecular weight is 364 g/mol. The summed E-state index contributed by atoms with van der Waals surface area (Å²) in [6.07, 6.45) is 4.28. The molecule has 2 aliphatic rings. The van der Waals surface area contributed by atoms with E-state index in [9.17, 15) is 9.59 Å². The highest BCUT2D eigenvalue weighted by Gasteiger charge is 2.48. The number of nitrogens with zero attached hydrogens (tertiary/aromatic N) is 4. The Labute approximate surface area is 159 Å². The summed E-state index contributed by atoms with van der Waals surface area (Å²) >= 11 is 0. The molecule has 6 nitrogen and oxygen atoms in total. The maximum atomic E-state index is 13.0. The van der Waals surface area contributed by atoms with Gasteiger partial charge in [-0.15, -0.1) is 0 Å². The molecule has 4 rings (SSSR count). The minimum atomic E-state index is -0.220. The topological polar surface area (TPSA) is 56.8 Å². The highest BCUT2D eigenvalue weighted by atomic mass is 16.2. The first-order valence-corrected chi connectivity index (χ1v) is 9.27. The molecular formula is C21H24N4O2. The van der Waals surface area contributed by atoms with Crippen molar-refractivity contribution in [2.45, 2.75) is 18.9 Å². The summed E-state index contributed by atoms with van der Waals surface area (Å²) in [5.41, 5.74) is 2.35. The van der Waals surface area contributed by atoms with Crippen LogP contribution in [0.1, 0.15) is 22.3 Å². The number of pyridine rings is 1. The lowest BCUT2D eigenvalue weighted by molar-refractivity contribution is -0.123. The zero-order chi connectivity index (χ0) is 19.0. The average Bonchev–Trinajstić information content (AvgIpc) is 3.11. The molecule has 2 saturated heterocycles. The standard InChI is InChI=1S/C21H24N4O2/c1-16-6-3-4-8-18(16)20(27)24-11-9-21(14-24)15-25(19(26)13-23(21)2)17-7-5-10-22-12-17/h3-8,10,12H,9,11,13-15H2,1-2H3/t21-/m1/s1. The summed E-state index contributed by atoms with van der Waals surface area (Å²) in [6.45, 7) is 4.22. The molecule has 0 N–H and O–H groups in total. The molecule has 2 fully saturated rings. The molecule has 1 spiro atoms. The molecule has 0 unspecified atom stereocenters. The van der Waals surface area contributed by atoms with Crippen molar-refractivity contribution in [3.8, 4) is 0 Å². The van der Waals surface area contributed by atoms with Gasteiger partial charge in [-0.3, -0.25) is 19.5 Å². The molecule has 0 saturated carbocycles. The minimum absolute atomic E-state index is 0.0693. The normalized spacial score (nSPS) is 23.3. The summed E-state index contributed by atoms with van der Waals surface area (Å²) in [7, 11) is 1.99. The van der Waals surface area contributed by atoms with Crippen LogP contribution < -0.4 is 4.90 Å². The van der Waals surface area contributed by atoms with Crippen molar-refractivity contribution in [3.63, 3.8) is 0 Å². The summed E-state index contributed by atoms with van der Waals surface area (Å²) in [5.74, 6) is 0.142. The van der Waals surface area contributed by atoms with Gasteiger partial charge in [-0.1, -0.05) is 18.2 Å². The number of hydrogen-bond donors (Lipinski definition) is 0. The Morgan fingerprint density at radius 2 is 1.96 bits per heavy atom. The summed E-state index contributed by atoms with van der Waals surface area (Å²) < 4.78 is 0. The van der Waals surface area contributed by atoms with Gasteiger partial charge >= 0.3 is 0 Å². The predicted molar refractivity (Wildman–Crippen MR) is 104 cm³/mol. The first-order chi connectivity index (χ1) is 13.0. The Bertz CT molecular complexity index is 869. The number of piperazine rings is 1. The molecular weight excluding hydrogens is 340 g/mol. The molecule has 0 bridgehead atoms. The molecule has 3 heterocycles. The number of anilines is 1. The largest absolute Gasteiger partial charge is 0.337 e. The summed E-state index contributed by atoms with van der Waals surface area (Å²) in [6, 6.07) is 11.5. The van der Waals surface area contributed by atoms with E-state index < -0.39 is 0 Å². The van der Waals surface area contributed by atoms with E-state index in [1.54, 1.807) is 12.4 Å². The number of aryl methyl sites for hydroxylation is 1. The van der Waals surface area contributed by atoms with E-state index >= 15 is 0 Å². The SMILES string of the molecule is Cc1ccccc1C(=O)N1CC[C@@]2(C1)CN(c1cccnc1)C(=O)CN2C. The number of likely N-dealkylation sites (tertiary alicyclic amines) is 1. The third-order valence-electron chi connectivity index (χ3n) is 5.89. The van der Waals surface area contributed by atoms with E-state index in [-0.39, 0.29) is 17.4 Å². The molecule has 0 aliphatic carbocycles. The number of carbonyl (C=O) groups excluding carboxylic acids is 2. The molecule has 1 aromatic heterocycles. The second kappa shape index (κ2) is 6.78. The van der Waals surface area contributed by atoms with Crippen LogP contribution in [0.4, 0.5) is 5.69 Å². The van der Waals surface area contributed by atoms with Crippen molar-refractivity contribution in [2.24, 2.45) is 0 Å². The fourth-order valence-electron chi connectivity index (χ4n) is 4.16. The van der Waals surface area contributed by atoms with Gasteiger partial charge in [0.15, 0.2) is 0 Å². The quantitative estimate of drug-likeness (QED) is 0.817. The van der Waals surface area contributed by atoms with Crippen molar-refractivity contribution >= 4 is 17.5 Å². The van der Waals surface area contributed by atoms with Gasteiger partial charge < -0.3 is 9.80 Å². The van der Waals surface area contributed by atoms with Crippen molar-refractivity contribution in [3.05, 3.63) is 59.9 Å². The molecule has 1 atom stereocenters. The van der Waals surface area contributed by atoms with Crippen molar-refractivity contribution in [2.75, 3.05) is 38.1 Å². The van der Waals surface area contributed by atoms with Crippen LogP contribution in [-0.4, -0.2) is 65.4 Å². The van der Waals surface area contributed by atoms with E-state index in [4.69, 9.17) is 0 Å². The number of rotatable bonds is 2. The van der Waals surface area contributed by atoms with E-state index in [1.807, 2.05) is 60.2 Å². The minimum Gasteiger partial charge on any atom is -0.337 e. The predicted octanol–water partition coefficient (Wildman–Crippen LogP) is 1.95. The van der Waals surface area contributed by atoms with Gasteiger partial charge in [0.1, 0.15) is 0 Å². The molecule has 1 aromatic carbocycles. The number of carbonyl (C=O) groups is 2. The monoisotopic (exact) mass is 364 g/mol. The highest BCUT2D eigenvalue weighted by Crippen LogP contribution is 2.34. The number of amides is 2. The Morgan fingerprint density at radius 1 is 1.15 bits per heavy atom. The van der Waals surface area contributed by atoms with Crippen LogP contribution in [-0.2, 0) is 4.79 Å². The summed E-state index contributed by atoms with van der Waals surface area (Å²) in [4.78, 5) is 35.6. The molecule has 0 radical (unpaired) electrons. The van der Waals surface area contributed by atoms with Crippen LogP contribution in [0.25, 0.3) is 0 Å². The Hall–Kier alpha value is -2.73. The van der Waals surface area contributed by atoms with Gasteiger partial charge in [0.25, 0.3) is 5.91 Å². The van der Waals surface area contributed by atoms with Crippen molar-refractivity contribution in [1.82, 2.24) is 14.8 Å². The molecule has 2 aliphatic heterocycles. The zero-order valence-corrected chi connectivity index (χ0v) is 15.8. The smallest absolute Gasteiger partial charge is 0.254 e. The number of hydrogen-bond acceptors (Lipinski definition) is 4.